The molecule has 3 aromatic carbocycles. The number of amides is 1. The molecule has 0 aliphatic rings. The summed E-state index contributed by atoms with van der Waals surface area (Å²) in [5.74, 6) is -0.892. The van der Waals surface area contributed by atoms with Crippen LogP contribution < -0.4 is 19.5 Å². The van der Waals surface area contributed by atoms with Crippen LogP contribution in [0.5, 0.6) is 17.2 Å². The standard InChI is InChI=1S/C25H24N2O8/c1-4-34-22-15-20(27(30)31)19(14-21(22)33-3)25(29)35-23(16-8-6-5-7-9-16)24(28)26-17-10-12-18(32-2)13-11-17/h5-15,23H,4H2,1-3H3,(H,26,28). The predicted octanol–water partition coefficient (Wildman–Crippen LogP) is 4.55. The van der Waals surface area contributed by atoms with Gasteiger partial charge in [-0.1, -0.05) is 30.3 Å². The smallest absolute Gasteiger partial charge is 0.346 e. The van der Waals surface area contributed by atoms with Gasteiger partial charge in [0.15, 0.2) is 11.5 Å². The second-order valence-electron chi connectivity index (χ2n) is 7.12. The molecule has 3 rings (SSSR count). The number of carbonyl (C=O) groups excluding carboxylic acids is 2. The van der Waals surface area contributed by atoms with Crippen LogP contribution in [0.3, 0.4) is 0 Å². The topological polar surface area (TPSA) is 126 Å². The zero-order chi connectivity index (χ0) is 25.4. The van der Waals surface area contributed by atoms with E-state index in [9.17, 15) is 19.7 Å². The zero-order valence-electron chi connectivity index (χ0n) is 19.3. The number of hydrogen-bond acceptors (Lipinski definition) is 8. The normalized spacial score (nSPS) is 11.2. The highest BCUT2D eigenvalue weighted by Gasteiger charge is 2.31. The van der Waals surface area contributed by atoms with E-state index in [1.165, 1.54) is 14.2 Å². The number of nitro benzene ring substituents is 1. The minimum atomic E-state index is -1.39. The third-order valence-corrected chi connectivity index (χ3v) is 4.92. The molecular formula is C25H24N2O8. The number of carbonyl (C=O) groups is 2. The third kappa shape index (κ3) is 6.05. The summed E-state index contributed by atoms with van der Waals surface area (Å²) < 4.78 is 21.2. The molecule has 35 heavy (non-hydrogen) atoms. The van der Waals surface area contributed by atoms with Gasteiger partial charge in [0.2, 0.25) is 6.10 Å². The van der Waals surface area contributed by atoms with E-state index in [-0.39, 0.29) is 23.7 Å². The van der Waals surface area contributed by atoms with Gasteiger partial charge in [-0.05, 0) is 31.2 Å². The third-order valence-electron chi connectivity index (χ3n) is 4.92. The van der Waals surface area contributed by atoms with Crippen LogP contribution in [-0.4, -0.2) is 37.6 Å². The molecule has 10 heteroatoms. The number of ether oxygens (including phenoxy) is 4. The maximum absolute atomic E-state index is 13.1. The van der Waals surface area contributed by atoms with Gasteiger partial charge in [0.1, 0.15) is 11.3 Å². The Morgan fingerprint density at radius 2 is 1.66 bits per heavy atom. The minimum absolute atomic E-state index is 0.107. The molecule has 0 radical (unpaired) electrons. The average molecular weight is 480 g/mol. The summed E-state index contributed by atoms with van der Waals surface area (Å²) in [5, 5.41) is 14.4. The molecule has 0 aliphatic carbocycles. The second kappa shape index (κ2) is 11.5. The largest absolute Gasteiger partial charge is 0.497 e. The highest BCUT2D eigenvalue weighted by Crippen LogP contribution is 2.36. The molecule has 0 aliphatic heterocycles. The van der Waals surface area contributed by atoms with E-state index in [4.69, 9.17) is 18.9 Å². The summed E-state index contributed by atoms with van der Waals surface area (Å²) in [5.41, 5.74) is -0.0935. The number of hydrogen-bond donors (Lipinski definition) is 1. The van der Waals surface area contributed by atoms with Crippen LogP contribution in [0, 0.1) is 10.1 Å². The molecule has 1 amide bonds. The van der Waals surface area contributed by atoms with E-state index in [0.29, 0.717) is 17.0 Å². The Kier molecular flexibility index (Phi) is 8.23. The molecule has 3 aromatic rings. The van der Waals surface area contributed by atoms with Crippen molar-refractivity contribution in [2.75, 3.05) is 26.1 Å². The van der Waals surface area contributed by atoms with E-state index in [1.807, 2.05) is 0 Å². The first-order valence-electron chi connectivity index (χ1n) is 10.6. The van der Waals surface area contributed by atoms with E-state index in [1.54, 1.807) is 61.5 Å². The van der Waals surface area contributed by atoms with Crippen LogP contribution in [-0.2, 0) is 9.53 Å². The number of anilines is 1. The zero-order valence-corrected chi connectivity index (χ0v) is 19.3. The molecule has 0 saturated carbocycles. The quantitative estimate of drug-likeness (QED) is 0.254. The number of nitrogens with one attached hydrogen (secondary N) is 1. The summed E-state index contributed by atoms with van der Waals surface area (Å²) in [7, 11) is 2.86. The first-order valence-corrected chi connectivity index (χ1v) is 10.6. The van der Waals surface area contributed by atoms with Gasteiger partial charge in [0.25, 0.3) is 11.6 Å². The number of rotatable bonds is 10. The van der Waals surface area contributed by atoms with Gasteiger partial charge >= 0.3 is 5.97 Å². The molecule has 0 aromatic heterocycles. The number of esters is 1. The van der Waals surface area contributed by atoms with Crippen LogP contribution in [0.2, 0.25) is 0 Å². The Morgan fingerprint density at radius 1 is 0.971 bits per heavy atom. The van der Waals surface area contributed by atoms with Crippen molar-refractivity contribution in [3.8, 4) is 17.2 Å². The van der Waals surface area contributed by atoms with Crippen molar-refractivity contribution in [1.29, 1.82) is 0 Å². The van der Waals surface area contributed by atoms with Crippen LogP contribution in [0.15, 0.2) is 66.7 Å². The summed E-state index contributed by atoms with van der Waals surface area (Å²) in [6.07, 6.45) is -1.39. The fourth-order valence-electron chi connectivity index (χ4n) is 3.25. The minimum Gasteiger partial charge on any atom is -0.497 e. The second-order valence-corrected chi connectivity index (χ2v) is 7.12. The van der Waals surface area contributed by atoms with Gasteiger partial charge in [-0.25, -0.2) is 4.79 Å². The van der Waals surface area contributed by atoms with Crippen molar-refractivity contribution in [3.05, 3.63) is 88.0 Å². The van der Waals surface area contributed by atoms with Gasteiger partial charge < -0.3 is 24.3 Å². The molecule has 0 heterocycles. The lowest BCUT2D eigenvalue weighted by atomic mass is 10.1. The predicted molar refractivity (Wildman–Crippen MR) is 127 cm³/mol. The highest BCUT2D eigenvalue weighted by molar-refractivity contribution is 6.00. The van der Waals surface area contributed by atoms with Crippen LogP contribution in [0.1, 0.15) is 28.9 Å². The molecule has 0 saturated heterocycles. The lowest BCUT2D eigenvalue weighted by Gasteiger charge is -2.19. The number of benzene rings is 3. The first-order chi connectivity index (χ1) is 16.9. The van der Waals surface area contributed by atoms with Gasteiger partial charge in [0, 0.05) is 17.3 Å². The molecular weight excluding hydrogens is 456 g/mol. The van der Waals surface area contributed by atoms with Crippen molar-refractivity contribution in [2.24, 2.45) is 0 Å². The fraction of sp³-hybridized carbons (Fsp3) is 0.200. The van der Waals surface area contributed by atoms with Crippen molar-refractivity contribution >= 4 is 23.3 Å². The Balaban J connectivity index is 1.95. The SMILES string of the molecule is CCOc1cc([N+](=O)[O-])c(C(=O)OC(C(=O)Nc2ccc(OC)cc2)c2ccccc2)cc1OC. The molecule has 1 atom stereocenters. The van der Waals surface area contributed by atoms with Crippen molar-refractivity contribution in [2.45, 2.75) is 13.0 Å². The summed E-state index contributed by atoms with van der Waals surface area (Å²) in [6.45, 7) is 1.94. The molecule has 1 unspecified atom stereocenters. The number of nitrogens with zero attached hydrogens (tertiary/aromatic N) is 1. The lowest BCUT2D eigenvalue weighted by molar-refractivity contribution is -0.385. The van der Waals surface area contributed by atoms with Crippen molar-refractivity contribution < 1.29 is 33.5 Å². The number of nitro groups is 1. The van der Waals surface area contributed by atoms with Crippen molar-refractivity contribution in [3.63, 3.8) is 0 Å². The van der Waals surface area contributed by atoms with E-state index < -0.39 is 28.6 Å². The summed E-state index contributed by atoms with van der Waals surface area (Å²) >= 11 is 0. The highest BCUT2D eigenvalue weighted by atomic mass is 16.6. The first kappa shape index (κ1) is 25.0. The van der Waals surface area contributed by atoms with E-state index >= 15 is 0 Å². The molecule has 10 nitrogen and oxygen atoms in total. The van der Waals surface area contributed by atoms with Crippen LogP contribution >= 0.6 is 0 Å². The van der Waals surface area contributed by atoms with Crippen LogP contribution in [0.4, 0.5) is 11.4 Å². The Morgan fingerprint density at radius 3 is 2.23 bits per heavy atom. The maximum Gasteiger partial charge on any atom is 0.346 e. The Labute approximate surface area is 201 Å². The molecule has 1 N–H and O–H groups in total. The van der Waals surface area contributed by atoms with Gasteiger partial charge in [-0.15, -0.1) is 0 Å². The molecule has 182 valence electrons. The van der Waals surface area contributed by atoms with E-state index in [0.717, 1.165) is 12.1 Å². The molecule has 0 spiro atoms. The molecule has 0 bridgehead atoms. The maximum atomic E-state index is 13.1. The molecule has 0 fully saturated rings. The summed E-state index contributed by atoms with van der Waals surface area (Å²) in [6, 6.07) is 17.2. The van der Waals surface area contributed by atoms with E-state index in [2.05, 4.69) is 5.32 Å². The van der Waals surface area contributed by atoms with Crippen molar-refractivity contribution in [1.82, 2.24) is 0 Å². The monoisotopic (exact) mass is 480 g/mol. The Bertz CT molecular complexity index is 1200. The van der Waals surface area contributed by atoms with Gasteiger partial charge in [-0.2, -0.15) is 0 Å². The van der Waals surface area contributed by atoms with Gasteiger partial charge in [-0.3, -0.25) is 14.9 Å². The van der Waals surface area contributed by atoms with Gasteiger partial charge in [0.05, 0.1) is 31.8 Å². The van der Waals surface area contributed by atoms with Crippen LogP contribution in [0.25, 0.3) is 0 Å². The Hall–Kier alpha value is -4.60. The average Bonchev–Trinajstić information content (AvgIpc) is 2.87. The lowest BCUT2D eigenvalue weighted by Crippen LogP contribution is -2.26. The fourth-order valence-corrected chi connectivity index (χ4v) is 3.25. The summed E-state index contributed by atoms with van der Waals surface area (Å²) in [4.78, 5) is 37.2. The number of methoxy groups -OCH3 is 2.